The Morgan fingerprint density at radius 1 is 1.18 bits per heavy atom. The van der Waals surface area contributed by atoms with Gasteiger partial charge < -0.3 is 21.1 Å². The van der Waals surface area contributed by atoms with Crippen LogP contribution in [0.1, 0.15) is 44.9 Å². The molecule has 1 aliphatic rings. The highest BCUT2D eigenvalue weighted by molar-refractivity contribution is 8.76. The van der Waals surface area contributed by atoms with Crippen LogP contribution in [-0.4, -0.2) is 67.2 Å². The number of nitrogens with one attached hydrogen (secondary N) is 2. The predicted molar refractivity (Wildman–Crippen MR) is 112 cm³/mol. The molecular weight excluding hydrogens is 402 g/mol. The highest BCUT2D eigenvalue weighted by Crippen LogP contribution is 2.25. The van der Waals surface area contributed by atoms with Crippen LogP contribution in [0.2, 0.25) is 0 Å². The Hall–Kier alpha value is -1.10. The summed E-state index contributed by atoms with van der Waals surface area (Å²) in [5, 5.41) is 5.49. The summed E-state index contributed by atoms with van der Waals surface area (Å²) in [6.45, 7) is 1.55. The van der Waals surface area contributed by atoms with Crippen molar-refractivity contribution >= 4 is 45.5 Å². The van der Waals surface area contributed by atoms with Crippen molar-refractivity contribution in [2.45, 2.75) is 57.0 Å². The summed E-state index contributed by atoms with van der Waals surface area (Å²) in [6, 6.07) is -0.581. The number of amides is 2. The smallest absolute Gasteiger partial charge is 0.220 e. The number of nitrogens with two attached hydrogens (primary N) is 1. The van der Waals surface area contributed by atoms with Gasteiger partial charge in [-0.3, -0.25) is 19.2 Å². The third kappa shape index (κ3) is 11.7. The summed E-state index contributed by atoms with van der Waals surface area (Å²) in [5.74, 6) is 1.08. The first-order valence-corrected chi connectivity index (χ1v) is 12.1. The van der Waals surface area contributed by atoms with Crippen LogP contribution in [0.5, 0.6) is 0 Å². The van der Waals surface area contributed by atoms with Crippen LogP contribution >= 0.6 is 21.6 Å². The summed E-state index contributed by atoms with van der Waals surface area (Å²) < 4.78 is 5.26. The van der Waals surface area contributed by atoms with Crippen molar-refractivity contribution in [3.05, 3.63) is 0 Å². The van der Waals surface area contributed by atoms with Crippen LogP contribution in [-0.2, 0) is 23.9 Å². The van der Waals surface area contributed by atoms with Gasteiger partial charge >= 0.3 is 0 Å². The Morgan fingerprint density at radius 2 is 1.93 bits per heavy atom. The molecule has 1 rings (SSSR count). The molecule has 28 heavy (non-hydrogen) atoms. The minimum Gasteiger partial charge on any atom is -0.380 e. The number of ketones is 2. The van der Waals surface area contributed by atoms with Gasteiger partial charge in [0.05, 0.1) is 12.6 Å². The standard InChI is InChI=1S/C18H31N3O5S2/c19-8-10-26-9-2-5-15(23)4-1-3-14-11-27-28-12-16(20-13-22)17(24)6-7-18(25)21-14/h13-14,16H,1-12,19H2,(H,20,22)(H,21,25)/t14-,16+/m1/s1. The first kappa shape index (κ1) is 24.9. The molecule has 1 fully saturated rings. The van der Waals surface area contributed by atoms with Gasteiger partial charge in [-0.2, -0.15) is 0 Å². The van der Waals surface area contributed by atoms with Crippen molar-refractivity contribution in [2.24, 2.45) is 5.73 Å². The van der Waals surface area contributed by atoms with E-state index in [0.717, 1.165) is 6.42 Å². The van der Waals surface area contributed by atoms with Gasteiger partial charge in [0.25, 0.3) is 0 Å². The number of rotatable bonds is 12. The predicted octanol–water partition coefficient (Wildman–Crippen LogP) is 0.825. The lowest BCUT2D eigenvalue weighted by Gasteiger charge is -2.17. The van der Waals surface area contributed by atoms with Crippen LogP contribution < -0.4 is 16.4 Å². The molecule has 0 spiro atoms. The molecule has 0 saturated carbocycles. The van der Waals surface area contributed by atoms with Crippen molar-refractivity contribution in [1.82, 2.24) is 10.6 Å². The molecule has 0 aromatic carbocycles. The van der Waals surface area contributed by atoms with E-state index in [1.807, 2.05) is 0 Å². The fourth-order valence-corrected chi connectivity index (χ4v) is 5.20. The molecule has 1 aliphatic heterocycles. The van der Waals surface area contributed by atoms with Crippen molar-refractivity contribution < 1.29 is 23.9 Å². The van der Waals surface area contributed by atoms with Gasteiger partial charge in [0.1, 0.15) is 5.78 Å². The molecule has 0 unspecified atom stereocenters. The fraction of sp³-hybridized carbons (Fsp3) is 0.778. The van der Waals surface area contributed by atoms with E-state index in [2.05, 4.69) is 10.6 Å². The molecule has 2 atom stereocenters. The highest BCUT2D eigenvalue weighted by atomic mass is 33.1. The van der Waals surface area contributed by atoms with E-state index in [9.17, 15) is 19.2 Å². The molecule has 0 aromatic rings. The lowest BCUT2D eigenvalue weighted by Crippen LogP contribution is -2.39. The average Bonchev–Trinajstić information content (AvgIpc) is 2.70. The first-order valence-electron chi connectivity index (χ1n) is 9.62. The largest absolute Gasteiger partial charge is 0.380 e. The number of ether oxygens (including phenoxy) is 1. The molecule has 0 radical (unpaired) electrons. The van der Waals surface area contributed by atoms with Crippen molar-refractivity contribution in [3.8, 4) is 0 Å². The van der Waals surface area contributed by atoms with E-state index in [-0.39, 0.29) is 36.4 Å². The highest BCUT2D eigenvalue weighted by Gasteiger charge is 2.22. The maximum atomic E-state index is 12.1. The molecular formula is C18H31N3O5S2. The maximum Gasteiger partial charge on any atom is 0.220 e. The molecule has 0 aliphatic carbocycles. The van der Waals surface area contributed by atoms with Crippen molar-refractivity contribution in [2.75, 3.05) is 31.3 Å². The van der Waals surface area contributed by atoms with Crippen LogP contribution in [0.15, 0.2) is 0 Å². The van der Waals surface area contributed by atoms with Gasteiger partial charge in [0.2, 0.25) is 12.3 Å². The minimum atomic E-state index is -0.550. The summed E-state index contributed by atoms with van der Waals surface area (Å²) in [7, 11) is 3.07. The maximum absolute atomic E-state index is 12.1. The monoisotopic (exact) mass is 433 g/mol. The second-order valence-electron chi connectivity index (χ2n) is 6.57. The van der Waals surface area contributed by atoms with Crippen LogP contribution in [0, 0.1) is 0 Å². The summed E-state index contributed by atoms with van der Waals surface area (Å²) in [5.41, 5.74) is 5.33. The Balaban J connectivity index is 2.34. The number of carbonyl (C=O) groups excluding carboxylic acids is 4. The Morgan fingerprint density at radius 3 is 2.68 bits per heavy atom. The van der Waals surface area contributed by atoms with Crippen LogP contribution in [0.25, 0.3) is 0 Å². The van der Waals surface area contributed by atoms with E-state index in [4.69, 9.17) is 10.5 Å². The second kappa shape index (κ2) is 15.8. The summed E-state index contributed by atoms with van der Waals surface area (Å²) >= 11 is 0. The van der Waals surface area contributed by atoms with E-state index in [1.54, 1.807) is 10.8 Å². The Labute approximate surface area is 174 Å². The van der Waals surface area contributed by atoms with E-state index in [1.165, 1.54) is 10.8 Å². The number of Topliss-reactive ketones (excluding diaryl/α,β-unsaturated/α-hetero) is 2. The van der Waals surface area contributed by atoms with Crippen molar-refractivity contribution in [3.63, 3.8) is 0 Å². The van der Waals surface area contributed by atoms with E-state index >= 15 is 0 Å². The molecule has 0 aromatic heterocycles. The Kier molecular flexibility index (Phi) is 14.1. The number of hydrogen-bond donors (Lipinski definition) is 3. The zero-order valence-electron chi connectivity index (χ0n) is 16.2. The van der Waals surface area contributed by atoms with E-state index in [0.29, 0.717) is 63.4 Å². The molecule has 160 valence electrons. The second-order valence-corrected chi connectivity index (χ2v) is 9.12. The molecule has 10 heteroatoms. The van der Waals surface area contributed by atoms with Gasteiger partial charge in [-0.05, 0) is 19.3 Å². The molecule has 0 bridgehead atoms. The minimum absolute atomic E-state index is 0.0311. The van der Waals surface area contributed by atoms with Gasteiger partial charge in [-0.15, -0.1) is 0 Å². The first-order chi connectivity index (χ1) is 13.6. The summed E-state index contributed by atoms with van der Waals surface area (Å²) in [6.07, 6.45) is 3.88. The molecule has 8 nitrogen and oxygen atoms in total. The zero-order chi connectivity index (χ0) is 20.6. The van der Waals surface area contributed by atoms with Crippen LogP contribution in [0.4, 0.5) is 0 Å². The van der Waals surface area contributed by atoms with E-state index < -0.39 is 6.04 Å². The van der Waals surface area contributed by atoms with Crippen LogP contribution in [0.3, 0.4) is 0 Å². The molecule has 2 amide bonds. The zero-order valence-corrected chi connectivity index (χ0v) is 17.8. The number of carbonyl (C=O) groups is 4. The molecule has 4 N–H and O–H groups in total. The van der Waals surface area contributed by atoms with Gasteiger partial charge in [-0.25, -0.2) is 0 Å². The SMILES string of the molecule is NCCOCCCC(=O)CCC[C@@H]1CSSC[C@H](NC=O)C(=O)CCC(=O)N1. The topological polar surface area (TPSA) is 128 Å². The normalized spacial score (nSPS) is 21.5. The third-order valence-corrected chi connectivity index (χ3v) is 6.71. The van der Waals surface area contributed by atoms with Gasteiger partial charge in [0.15, 0.2) is 5.78 Å². The lowest BCUT2D eigenvalue weighted by atomic mass is 10.1. The average molecular weight is 434 g/mol. The fourth-order valence-electron chi connectivity index (χ4n) is 2.70. The van der Waals surface area contributed by atoms with Gasteiger partial charge in [0, 0.05) is 56.4 Å². The molecule has 1 heterocycles. The quantitative estimate of drug-likeness (QED) is 0.235. The molecule has 1 saturated heterocycles. The number of hydrogen-bond acceptors (Lipinski definition) is 8. The van der Waals surface area contributed by atoms with Gasteiger partial charge in [-0.1, -0.05) is 21.6 Å². The summed E-state index contributed by atoms with van der Waals surface area (Å²) in [4.78, 5) is 46.8. The Bertz CT molecular complexity index is 508. The van der Waals surface area contributed by atoms with Crippen molar-refractivity contribution in [1.29, 1.82) is 0 Å². The third-order valence-electron chi connectivity index (χ3n) is 4.22. The lowest BCUT2D eigenvalue weighted by molar-refractivity contribution is -0.127.